The molecule has 0 atom stereocenters. The van der Waals surface area contributed by atoms with Gasteiger partial charge < -0.3 is 10.6 Å². The number of alkyl halides is 3. The van der Waals surface area contributed by atoms with E-state index in [2.05, 4.69) is 25.7 Å². The van der Waals surface area contributed by atoms with Crippen LogP contribution in [0.25, 0.3) is 5.82 Å². The first-order valence-electron chi connectivity index (χ1n) is 9.07. The summed E-state index contributed by atoms with van der Waals surface area (Å²) < 4.78 is 41.0. The Labute approximate surface area is 174 Å². The summed E-state index contributed by atoms with van der Waals surface area (Å²) in [6.07, 6.45) is 0.163. The quantitative estimate of drug-likeness (QED) is 0.486. The number of hydrogen-bond donors (Lipinski definition) is 2. The number of benzene rings is 2. The van der Waals surface area contributed by atoms with Gasteiger partial charge in [0.15, 0.2) is 5.82 Å². The second-order valence-corrected chi connectivity index (χ2v) is 6.41. The molecule has 2 heterocycles. The van der Waals surface area contributed by atoms with Gasteiger partial charge in [0.05, 0.1) is 11.1 Å². The molecule has 2 aromatic carbocycles. The third kappa shape index (κ3) is 4.69. The van der Waals surface area contributed by atoms with Gasteiger partial charge in [0, 0.05) is 29.8 Å². The smallest absolute Gasteiger partial charge is 0.340 e. The maximum atomic E-state index is 13.1. The van der Waals surface area contributed by atoms with E-state index in [0.717, 1.165) is 12.1 Å². The molecule has 7 nitrogen and oxygen atoms in total. The zero-order valence-electron chi connectivity index (χ0n) is 15.8. The van der Waals surface area contributed by atoms with Crippen LogP contribution >= 0.6 is 0 Å². The summed E-state index contributed by atoms with van der Waals surface area (Å²) in [7, 11) is 0. The van der Waals surface area contributed by atoms with E-state index in [-0.39, 0.29) is 0 Å². The van der Waals surface area contributed by atoms with Gasteiger partial charge in [-0.15, -0.1) is 0 Å². The van der Waals surface area contributed by atoms with E-state index in [0.29, 0.717) is 23.0 Å². The monoisotopic (exact) mass is 424 g/mol. The van der Waals surface area contributed by atoms with Crippen LogP contribution in [0.1, 0.15) is 15.9 Å². The Balaban J connectivity index is 1.46. The topological polar surface area (TPSA) is 84.7 Å². The molecule has 0 bridgehead atoms. The minimum absolute atomic E-state index is 0.354. The van der Waals surface area contributed by atoms with Crippen LogP contribution in [0, 0.1) is 0 Å². The zero-order valence-corrected chi connectivity index (χ0v) is 15.8. The van der Waals surface area contributed by atoms with Crippen LogP contribution in [-0.2, 0) is 6.18 Å². The molecule has 4 aromatic rings. The first-order valence-corrected chi connectivity index (χ1v) is 9.07. The van der Waals surface area contributed by atoms with Crippen molar-refractivity contribution in [2.24, 2.45) is 0 Å². The minimum Gasteiger partial charge on any atom is -0.340 e. The molecule has 2 N–H and O–H groups in total. The third-order valence-electron chi connectivity index (χ3n) is 4.28. The highest BCUT2D eigenvalue weighted by molar-refractivity contribution is 6.05. The summed E-state index contributed by atoms with van der Waals surface area (Å²) in [5.41, 5.74) is -0.405. The van der Waals surface area contributed by atoms with Gasteiger partial charge in [-0.25, -0.2) is 14.6 Å². The number of nitrogens with one attached hydrogen (secondary N) is 2. The second kappa shape index (κ2) is 8.27. The molecule has 0 spiro atoms. The van der Waals surface area contributed by atoms with Crippen molar-refractivity contribution >= 4 is 23.1 Å². The number of hydrogen-bond acceptors (Lipinski definition) is 5. The average Bonchev–Trinajstić information content (AvgIpc) is 3.30. The van der Waals surface area contributed by atoms with E-state index in [4.69, 9.17) is 0 Å². The lowest BCUT2D eigenvalue weighted by Gasteiger charge is -2.13. The summed E-state index contributed by atoms with van der Waals surface area (Å²) in [4.78, 5) is 20.6. The highest BCUT2D eigenvalue weighted by Gasteiger charge is 2.34. The summed E-state index contributed by atoms with van der Waals surface area (Å²) in [6, 6.07) is 14.6. The van der Waals surface area contributed by atoms with Crippen LogP contribution in [0.3, 0.4) is 0 Å². The lowest BCUT2D eigenvalue weighted by atomic mass is 10.1. The van der Waals surface area contributed by atoms with E-state index < -0.39 is 23.2 Å². The molecule has 10 heteroatoms. The van der Waals surface area contributed by atoms with E-state index >= 15 is 0 Å². The van der Waals surface area contributed by atoms with Gasteiger partial charge >= 0.3 is 6.18 Å². The van der Waals surface area contributed by atoms with Crippen LogP contribution in [0.5, 0.6) is 0 Å². The molecule has 0 aliphatic rings. The third-order valence-corrected chi connectivity index (χ3v) is 4.28. The van der Waals surface area contributed by atoms with Crippen molar-refractivity contribution < 1.29 is 18.0 Å². The summed E-state index contributed by atoms with van der Waals surface area (Å²) in [5.74, 6) is 0.263. The highest BCUT2D eigenvalue weighted by atomic mass is 19.4. The Bertz CT molecular complexity index is 1190. The van der Waals surface area contributed by atoms with Gasteiger partial charge in [-0.1, -0.05) is 12.1 Å². The van der Waals surface area contributed by atoms with E-state index in [1.54, 1.807) is 53.5 Å². The Kier molecular flexibility index (Phi) is 5.35. The number of anilines is 3. The Hall–Kier alpha value is -4.21. The number of nitrogens with zero attached hydrogens (tertiary/aromatic N) is 4. The number of carbonyl (C=O) groups excluding carboxylic acids is 1. The molecule has 0 radical (unpaired) electrons. The van der Waals surface area contributed by atoms with E-state index in [1.807, 2.05) is 0 Å². The van der Waals surface area contributed by atoms with Crippen LogP contribution < -0.4 is 10.6 Å². The Morgan fingerprint density at radius 1 is 0.935 bits per heavy atom. The van der Waals surface area contributed by atoms with E-state index in [1.165, 1.54) is 18.5 Å². The standard InChI is InChI=1S/C21H15F3N6O/c22-21(23,24)17-5-2-1-4-16(17)20(31)29-15-8-6-14(7-9-15)28-18-12-19(26-13-25-18)30-11-3-10-27-30/h1-13H,(H,29,31)(H,25,26,28). The van der Waals surface area contributed by atoms with Crippen LogP contribution in [0.2, 0.25) is 0 Å². The molecular weight excluding hydrogens is 409 g/mol. The van der Waals surface area contributed by atoms with Gasteiger partial charge in [-0.05, 0) is 42.5 Å². The van der Waals surface area contributed by atoms with Crippen molar-refractivity contribution in [2.45, 2.75) is 6.18 Å². The van der Waals surface area contributed by atoms with Gasteiger partial charge in [-0.2, -0.15) is 18.3 Å². The number of rotatable bonds is 5. The predicted octanol–water partition coefficient (Wildman–Crippen LogP) is 4.68. The molecule has 1 amide bonds. The van der Waals surface area contributed by atoms with Crippen molar-refractivity contribution in [1.82, 2.24) is 19.7 Å². The molecule has 0 unspecified atom stereocenters. The summed E-state index contributed by atoms with van der Waals surface area (Å²) >= 11 is 0. The summed E-state index contributed by atoms with van der Waals surface area (Å²) in [6.45, 7) is 0. The lowest BCUT2D eigenvalue weighted by Crippen LogP contribution is -2.18. The number of carbonyl (C=O) groups is 1. The fourth-order valence-electron chi connectivity index (χ4n) is 2.86. The molecule has 4 rings (SSSR count). The maximum Gasteiger partial charge on any atom is 0.417 e. The lowest BCUT2D eigenvalue weighted by molar-refractivity contribution is -0.137. The molecule has 0 saturated heterocycles. The minimum atomic E-state index is -4.62. The van der Waals surface area contributed by atoms with Gasteiger partial charge in [0.2, 0.25) is 0 Å². The van der Waals surface area contributed by atoms with Crippen LogP contribution in [0.4, 0.5) is 30.4 Å². The molecule has 0 saturated carbocycles. The molecule has 0 fully saturated rings. The summed E-state index contributed by atoms with van der Waals surface area (Å²) in [5, 5.41) is 9.69. The molecule has 156 valence electrons. The Morgan fingerprint density at radius 2 is 1.68 bits per heavy atom. The van der Waals surface area contributed by atoms with Crippen molar-refractivity contribution in [3.8, 4) is 5.82 Å². The number of amides is 1. The number of halogens is 3. The highest BCUT2D eigenvalue weighted by Crippen LogP contribution is 2.32. The molecule has 2 aromatic heterocycles. The maximum absolute atomic E-state index is 13.1. The van der Waals surface area contributed by atoms with E-state index in [9.17, 15) is 18.0 Å². The first-order chi connectivity index (χ1) is 14.9. The molecular formula is C21H15F3N6O. The fraction of sp³-hybridized carbons (Fsp3) is 0.0476. The average molecular weight is 424 g/mol. The Morgan fingerprint density at radius 3 is 2.39 bits per heavy atom. The van der Waals surface area contributed by atoms with Crippen molar-refractivity contribution in [1.29, 1.82) is 0 Å². The van der Waals surface area contributed by atoms with Crippen LogP contribution in [-0.4, -0.2) is 25.7 Å². The van der Waals surface area contributed by atoms with Crippen LogP contribution in [0.15, 0.2) is 79.4 Å². The zero-order chi connectivity index (χ0) is 21.8. The molecule has 0 aliphatic heterocycles. The van der Waals surface area contributed by atoms with Gasteiger partial charge in [0.1, 0.15) is 12.1 Å². The normalized spacial score (nSPS) is 11.2. The van der Waals surface area contributed by atoms with Crippen molar-refractivity contribution in [2.75, 3.05) is 10.6 Å². The van der Waals surface area contributed by atoms with Gasteiger partial charge in [-0.3, -0.25) is 4.79 Å². The number of aromatic nitrogens is 4. The molecule has 0 aliphatic carbocycles. The van der Waals surface area contributed by atoms with Gasteiger partial charge in [0.25, 0.3) is 5.91 Å². The van der Waals surface area contributed by atoms with Crippen molar-refractivity contribution in [3.63, 3.8) is 0 Å². The first kappa shape index (κ1) is 20.1. The molecule has 31 heavy (non-hydrogen) atoms. The predicted molar refractivity (Wildman–Crippen MR) is 108 cm³/mol. The largest absolute Gasteiger partial charge is 0.417 e. The van der Waals surface area contributed by atoms with Crippen molar-refractivity contribution in [3.05, 3.63) is 90.5 Å². The SMILES string of the molecule is O=C(Nc1ccc(Nc2cc(-n3cccn3)ncn2)cc1)c1ccccc1C(F)(F)F. The second-order valence-electron chi connectivity index (χ2n) is 6.41. The fourth-order valence-corrected chi connectivity index (χ4v) is 2.86.